The van der Waals surface area contributed by atoms with Crippen molar-refractivity contribution in [1.82, 2.24) is 5.32 Å². The Hall–Kier alpha value is -0.970. The number of benzene rings is 1. The number of terminal acetylenes is 1. The molecule has 1 N–H and O–H groups in total. The highest BCUT2D eigenvalue weighted by atomic mass is 35.5. The Morgan fingerprint density at radius 3 is 2.46 bits per heavy atom. The molecule has 0 spiro atoms. The van der Waals surface area contributed by atoms with Gasteiger partial charge in [0, 0.05) is 6.54 Å². The molecule has 0 aromatic heterocycles. The third-order valence-corrected chi connectivity index (χ3v) is 1.68. The summed E-state index contributed by atoms with van der Waals surface area (Å²) in [4.78, 5) is 0. The molecule has 1 nitrogen and oxygen atoms in total. The zero-order valence-corrected chi connectivity index (χ0v) is 8.53. The zero-order valence-electron chi connectivity index (χ0n) is 7.71. The van der Waals surface area contributed by atoms with E-state index in [1.165, 1.54) is 11.1 Å². The molecular weight excluding hydrogens is 182 g/mol. The van der Waals surface area contributed by atoms with Crippen molar-refractivity contribution in [2.45, 2.75) is 13.5 Å². The van der Waals surface area contributed by atoms with Gasteiger partial charge in [0.05, 0.1) is 6.54 Å². The minimum Gasteiger partial charge on any atom is -0.302 e. The van der Waals surface area contributed by atoms with Crippen molar-refractivity contribution < 1.29 is 0 Å². The molecule has 0 radical (unpaired) electrons. The van der Waals surface area contributed by atoms with Crippen LogP contribution in [-0.2, 0) is 6.54 Å². The highest BCUT2D eigenvalue weighted by molar-refractivity contribution is 5.85. The zero-order chi connectivity index (χ0) is 8.81. The molecule has 0 unspecified atom stereocenters. The molecule has 0 saturated heterocycles. The van der Waals surface area contributed by atoms with Gasteiger partial charge in [-0.2, -0.15) is 0 Å². The van der Waals surface area contributed by atoms with Crippen molar-refractivity contribution >= 4 is 12.4 Å². The smallest absolute Gasteiger partial charge is 0.0576 e. The molecule has 0 fully saturated rings. The maximum Gasteiger partial charge on any atom is 0.0576 e. The lowest BCUT2D eigenvalue weighted by molar-refractivity contribution is 0.770. The van der Waals surface area contributed by atoms with E-state index >= 15 is 0 Å². The average molecular weight is 196 g/mol. The Morgan fingerprint density at radius 2 is 1.92 bits per heavy atom. The molecule has 1 rings (SSSR count). The van der Waals surface area contributed by atoms with Crippen molar-refractivity contribution in [2.75, 3.05) is 6.54 Å². The Bertz CT molecular complexity index is 271. The summed E-state index contributed by atoms with van der Waals surface area (Å²) in [5.74, 6) is 2.54. The lowest BCUT2D eigenvalue weighted by Crippen LogP contribution is -2.12. The second-order valence-electron chi connectivity index (χ2n) is 2.79. The minimum atomic E-state index is 0. The summed E-state index contributed by atoms with van der Waals surface area (Å²) in [5.41, 5.74) is 2.56. The summed E-state index contributed by atoms with van der Waals surface area (Å²) in [6.07, 6.45) is 5.10. The van der Waals surface area contributed by atoms with Gasteiger partial charge in [0.2, 0.25) is 0 Å². The van der Waals surface area contributed by atoms with E-state index in [4.69, 9.17) is 6.42 Å². The largest absolute Gasteiger partial charge is 0.302 e. The number of halogens is 1. The standard InChI is InChI=1S/C11H13N.ClH/c1-3-8-12-9-11-6-4-10(2)5-7-11;/h1,4-7,12H,8-9H2,2H3;1H. The van der Waals surface area contributed by atoms with Crippen LogP contribution in [0.25, 0.3) is 0 Å². The summed E-state index contributed by atoms with van der Waals surface area (Å²) < 4.78 is 0. The molecule has 13 heavy (non-hydrogen) atoms. The Kier molecular flexibility index (Phi) is 6.05. The fraction of sp³-hybridized carbons (Fsp3) is 0.273. The van der Waals surface area contributed by atoms with Gasteiger partial charge in [0.15, 0.2) is 0 Å². The van der Waals surface area contributed by atoms with Crippen LogP contribution in [0.3, 0.4) is 0 Å². The van der Waals surface area contributed by atoms with Crippen LogP contribution in [0.4, 0.5) is 0 Å². The van der Waals surface area contributed by atoms with E-state index in [2.05, 4.69) is 42.4 Å². The average Bonchev–Trinajstić information content (AvgIpc) is 2.09. The summed E-state index contributed by atoms with van der Waals surface area (Å²) in [6.45, 7) is 3.57. The van der Waals surface area contributed by atoms with E-state index in [0.717, 1.165) is 6.54 Å². The second kappa shape index (κ2) is 6.54. The molecule has 1 aromatic rings. The Labute approximate surface area is 86.0 Å². The SMILES string of the molecule is C#CCNCc1ccc(C)cc1.Cl. The van der Waals surface area contributed by atoms with Crippen molar-refractivity contribution in [1.29, 1.82) is 0 Å². The predicted molar refractivity (Wildman–Crippen MR) is 59.0 cm³/mol. The van der Waals surface area contributed by atoms with E-state index in [1.54, 1.807) is 0 Å². The van der Waals surface area contributed by atoms with Crippen LogP contribution in [0.2, 0.25) is 0 Å². The predicted octanol–water partition coefficient (Wildman–Crippen LogP) is 2.14. The van der Waals surface area contributed by atoms with Crippen molar-refractivity contribution in [3.63, 3.8) is 0 Å². The third-order valence-electron chi connectivity index (χ3n) is 1.68. The van der Waals surface area contributed by atoms with Gasteiger partial charge < -0.3 is 5.32 Å². The summed E-state index contributed by atoms with van der Waals surface area (Å²) in [7, 11) is 0. The molecule has 0 aliphatic carbocycles. The Balaban J connectivity index is 0.00000144. The van der Waals surface area contributed by atoms with Crippen molar-refractivity contribution in [2.24, 2.45) is 0 Å². The molecule has 0 aliphatic heterocycles. The number of aryl methyl sites for hydroxylation is 1. The van der Waals surface area contributed by atoms with Crippen molar-refractivity contribution in [3.05, 3.63) is 35.4 Å². The normalized spacial score (nSPS) is 8.62. The van der Waals surface area contributed by atoms with E-state index in [1.807, 2.05) is 0 Å². The van der Waals surface area contributed by atoms with E-state index in [-0.39, 0.29) is 12.4 Å². The first-order valence-corrected chi connectivity index (χ1v) is 4.02. The van der Waals surface area contributed by atoms with Gasteiger partial charge in [0.1, 0.15) is 0 Å². The van der Waals surface area contributed by atoms with Gasteiger partial charge in [-0.3, -0.25) is 0 Å². The number of rotatable bonds is 3. The van der Waals surface area contributed by atoms with Gasteiger partial charge in [-0.15, -0.1) is 18.8 Å². The van der Waals surface area contributed by atoms with E-state index in [0.29, 0.717) is 6.54 Å². The highest BCUT2D eigenvalue weighted by Gasteiger charge is 1.89. The molecule has 2 heteroatoms. The lowest BCUT2D eigenvalue weighted by atomic mass is 10.1. The van der Waals surface area contributed by atoms with Crippen LogP contribution in [0.15, 0.2) is 24.3 Å². The number of hydrogen-bond acceptors (Lipinski definition) is 1. The summed E-state index contributed by atoms with van der Waals surface area (Å²) >= 11 is 0. The first kappa shape index (κ1) is 12.0. The van der Waals surface area contributed by atoms with Gasteiger partial charge in [0.25, 0.3) is 0 Å². The van der Waals surface area contributed by atoms with Gasteiger partial charge in [-0.1, -0.05) is 35.7 Å². The first-order chi connectivity index (χ1) is 5.83. The maximum absolute atomic E-state index is 5.10. The second-order valence-corrected chi connectivity index (χ2v) is 2.79. The van der Waals surface area contributed by atoms with E-state index < -0.39 is 0 Å². The topological polar surface area (TPSA) is 12.0 Å². The van der Waals surface area contributed by atoms with Gasteiger partial charge in [-0.25, -0.2) is 0 Å². The van der Waals surface area contributed by atoms with Gasteiger partial charge in [-0.05, 0) is 12.5 Å². The molecule has 0 saturated carbocycles. The maximum atomic E-state index is 5.10. The van der Waals surface area contributed by atoms with Crippen LogP contribution in [0.1, 0.15) is 11.1 Å². The van der Waals surface area contributed by atoms with Crippen LogP contribution in [-0.4, -0.2) is 6.54 Å². The fourth-order valence-electron chi connectivity index (χ4n) is 0.985. The Morgan fingerprint density at radius 1 is 1.31 bits per heavy atom. The lowest BCUT2D eigenvalue weighted by Gasteiger charge is -2.00. The number of hydrogen-bond donors (Lipinski definition) is 1. The molecular formula is C11H14ClN. The molecule has 0 amide bonds. The van der Waals surface area contributed by atoms with Gasteiger partial charge >= 0.3 is 0 Å². The molecule has 1 aromatic carbocycles. The van der Waals surface area contributed by atoms with E-state index in [9.17, 15) is 0 Å². The summed E-state index contributed by atoms with van der Waals surface area (Å²) in [6, 6.07) is 8.43. The van der Waals surface area contributed by atoms with Crippen LogP contribution < -0.4 is 5.32 Å². The third kappa shape index (κ3) is 4.57. The van der Waals surface area contributed by atoms with Crippen molar-refractivity contribution in [3.8, 4) is 12.3 Å². The monoisotopic (exact) mass is 195 g/mol. The molecule has 0 heterocycles. The first-order valence-electron chi connectivity index (χ1n) is 4.02. The molecule has 0 bridgehead atoms. The molecule has 0 atom stereocenters. The molecule has 0 aliphatic rings. The van der Waals surface area contributed by atoms with Crippen LogP contribution in [0.5, 0.6) is 0 Å². The van der Waals surface area contributed by atoms with Crippen LogP contribution in [0, 0.1) is 19.3 Å². The minimum absolute atomic E-state index is 0. The highest BCUT2D eigenvalue weighted by Crippen LogP contribution is 2.01. The number of nitrogens with one attached hydrogen (secondary N) is 1. The molecule has 70 valence electrons. The fourth-order valence-corrected chi connectivity index (χ4v) is 0.985. The van der Waals surface area contributed by atoms with Crippen LogP contribution >= 0.6 is 12.4 Å². The summed E-state index contributed by atoms with van der Waals surface area (Å²) in [5, 5.41) is 3.13. The quantitative estimate of drug-likeness (QED) is 0.576.